The lowest BCUT2D eigenvalue weighted by Gasteiger charge is -2.18. The first-order chi connectivity index (χ1) is 39.5. The highest BCUT2D eigenvalue weighted by molar-refractivity contribution is 5.72. The summed E-state index contributed by atoms with van der Waals surface area (Å²) in [5, 5.41) is 0. The SMILES string of the molecule is CC/C=C\C/C=C\C/C=C\C/C=C\C/C=C\C/C=C\C/C=C\C/C=C\CCCCCCCCC(=O)OCC(COC(=O)C/C=C\C/C=C\C/C=C\C/C=C\C/C=C\CC)OC(=O)CCCCCCCCCCCCCCCCCC. The van der Waals surface area contributed by atoms with E-state index in [1.807, 2.05) is 6.08 Å². The van der Waals surface area contributed by atoms with E-state index in [-0.39, 0.29) is 31.6 Å². The first-order valence-corrected chi connectivity index (χ1v) is 32.5. The molecule has 0 aromatic carbocycles. The summed E-state index contributed by atoms with van der Waals surface area (Å²) < 4.78 is 16.8. The van der Waals surface area contributed by atoms with Crippen molar-refractivity contribution in [1.82, 2.24) is 0 Å². The van der Waals surface area contributed by atoms with Crippen LogP contribution < -0.4 is 0 Å². The van der Waals surface area contributed by atoms with Crippen molar-refractivity contribution in [3.8, 4) is 0 Å². The Bertz CT molecular complexity index is 1790. The summed E-state index contributed by atoms with van der Waals surface area (Å²) in [5.74, 6) is -1.07. The summed E-state index contributed by atoms with van der Waals surface area (Å²) in [6.45, 7) is 6.32. The van der Waals surface area contributed by atoms with Gasteiger partial charge in [-0.25, -0.2) is 0 Å². The second-order valence-corrected chi connectivity index (χ2v) is 20.9. The van der Waals surface area contributed by atoms with Gasteiger partial charge in [-0.3, -0.25) is 14.4 Å². The summed E-state index contributed by atoms with van der Waals surface area (Å²) in [4.78, 5) is 38.2. The van der Waals surface area contributed by atoms with Crippen LogP contribution in [0.5, 0.6) is 0 Å². The number of hydrogen-bond acceptors (Lipinski definition) is 6. The zero-order valence-electron chi connectivity index (χ0n) is 51.5. The number of allylic oxidation sites excluding steroid dienone is 25. The third-order valence-electron chi connectivity index (χ3n) is 13.3. The Morgan fingerprint density at radius 3 is 0.875 bits per heavy atom. The molecule has 1 atom stereocenters. The van der Waals surface area contributed by atoms with Crippen LogP contribution in [0.1, 0.15) is 271 Å². The Balaban J connectivity index is 4.42. The number of carbonyl (C=O) groups excluding carboxylic acids is 3. The van der Waals surface area contributed by atoms with Crippen molar-refractivity contribution in [2.24, 2.45) is 0 Å². The number of hydrogen-bond donors (Lipinski definition) is 0. The van der Waals surface area contributed by atoms with E-state index in [0.29, 0.717) is 12.8 Å². The van der Waals surface area contributed by atoms with Gasteiger partial charge in [0.1, 0.15) is 13.2 Å². The summed E-state index contributed by atoms with van der Waals surface area (Å²) in [7, 11) is 0. The lowest BCUT2D eigenvalue weighted by atomic mass is 10.0. The maximum Gasteiger partial charge on any atom is 0.309 e. The van der Waals surface area contributed by atoms with Crippen molar-refractivity contribution in [2.45, 2.75) is 277 Å². The van der Waals surface area contributed by atoms with Crippen LogP contribution in [-0.2, 0) is 28.6 Å². The normalized spacial score (nSPS) is 13.2. The lowest BCUT2D eigenvalue weighted by Crippen LogP contribution is -2.30. The van der Waals surface area contributed by atoms with Gasteiger partial charge in [-0.2, -0.15) is 0 Å². The van der Waals surface area contributed by atoms with Crippen LogP contribution in [0, 0.1) is 0 Å². The van der Waals surface area contributed by atoms with E-state index < -0.39 is 12.1 Å². The highest BCUT2D eigenvalue weighted by atomic mass is 16.6. The average Bonchev–Trinajstić information content (AvgIpc) is 3.46. The Kier molecular flexibility index (Phi) is 62.4. The molecule has 6 heteroatoms. The van der Waals surface area contributed by atoms with Crippen molar-refractivity contribution in [3.63, 3.8) is 0 Å². The molecule has 450 valence electrons. The van der Waals surface area contributed by atoms with E-state index in [1.165, 1.54) is 96.3 Å². The molecule has 0 aliphatic heterocycles. The topological polar surface area (TPSA) is 78.9 Å². The molecule has 0 fully saturated rings. The van der Waals surface area contributed by atoms with Gasteiger partial charge >= 0.3 is 17.9 Å². The molecule has 0 radical (unpaired) electrons. The van der Waals surface area contributed by atoms with Crippen molar-refractivity contribution in [2.75, 3.05) is 13.2 Å². The molecule has 0 N–H and O–H groups in total. The van der Waals surface area contributed by atoms with Crippen molar-refractivity contribution in [3.05, 3.63) is 158 Å². The molecule has 0 rings (SSSR count). The van der Waals surface area contributed by atoms with Crippen LogP contribution in [0.4, 0.5) is 0 Å². The number of unbranched alkanes of at least 4 members (excludes halogenated alkanes) is 21. The fraction of sp³-hybridized carbons (Fsp3) is 0.608. The van der Waals surface area contributed by atoms with E-state index >= 15 is 0 Å². The molecule has 0 aliphatic rings. The van der Waals surface area contributed by atoms with Crippen LogP contribution in [-0.4, -0.2) is 37.2 Å². The van der Waals surface area contributed by atoms with Gasteiger partial charge in [0.05, 0.1) is 6.42 Å². The van der Waals surface area contributed by atoms with E-state index in [2.05, 4.69) is 167 Å². The largest absolute Gasteiger partial charge is 0.462 e. The van der Waals surface area contributed by atoms with Crippen molar-refractivity contribution < 1.29 is 28.6 Å². The monoisotopic (exact) mass is 1100 g/mol. The van der Waals surface area contributed by atoms with Gasteiger partial charge in [-0.05, 0) is 109 Å². The standard InChI is InChI=1S/C74H118O6/c1-4-7-10-13-16-19-22-25-28-30-31-32-33-34-35-36-37-38-39-40-41-42-43-44-47-49-52-55-58-61-64-67-73(76)79-70-71(69-78-72(75)66-63-60-57-54-51-48-45-27-24-21-18-15-12-9-6-3)80-74(77)68-65-62-59-56-53-50-46-29-26-23-20-17-14-11-8-5-2/h7,9-10,12,16,18-19,21,25,27-28,31-32,34-35,37-38,40-41,43-45,51,54,60,63,71H,4-6,8,11,13-15,17,20,22-24,26,29-30,33,36,39,42,46-50,52-53,55-59,61-62,64-70H2,1-3H3/b10-7-,12-9-,19-16-,21-18-,28-25-,32-31-,35-34-,38-37-,41-40-,44-43-,45-27-,54-51-,63-60-. The Hall–Kier alpha value is -4.97. The molecular formula is C74H118O6. The minimum Gasteiger partial charge on any atom is -0.462 e. The third kappa shape index (κ3) is 63.9. The van der Waals surface area contributed by atoms with Crippen LogP contribution >= 0.6 is 0 Å². The summed E-state index contributed by atoms with van der Waals surface area (Å²) in [6, 6.07) is 0. The van der Waals surface area contributed by atoms with E-state index in [1.54, 1.807) is 6.08 Å². The maximum atomic E-state index is 12.9. The maximum absolute atomic E-state index is 12.9. The van der Waals surface area contributed by atoms with E-state index in [4.69, 9.17) is 14.2 Å². The van der Waals surface area contributed by atoms with E-state index in [9.17, 15) is 14.4 Å². The van der Waals surface area contributed by atoms with Crippen LogP contribution in [0.2, 0.25) is 0 Å². The smallest absolute Gasteiger partial charge is 0.309 e. The van der Waals surface area contributed by atoms with Gasteiger partial charge in [0.2, 0.25) is 0 Å². The zero-order valence-corrected chi connectivity index (χ0v) is 51.5. The fourth-order valence-corrected chi connectivity index (χ4v) is 8.53. The third-order valence-corrected chi connectivity index (χ3v) is 13.3. The number of carbonyl (C=O) groups is 3. The summed E-state index contributed by atoms with van der Waals surface area (Å²) in [6.07, 6.45) is 97.0. The average molecular weight is 1100 g/mol. The number of rotatable bonds is 57. The predicted molar refractivity (Wildman–Crippen MR) is 348 cm³/mol. The van der Waals surface area contributed by atoms with Gasteiger partial charge in [-0.1, -0.05) is 301 Å². The van der Waals surface area contributed by atoms with Gasteiger partial charge in [-0.15, -0.1) is 0 Å². The second kappa shape index (κ2) is 66.5. The number of ether oxygens (including phenoxy) is 3. The lowest BCUT2D eigenvalue weighted by molar-refractivity contribution is -0.166. The molecule has 0 saturated carbocycles. The van der Waals surface area contributed by atoms with Crippen molar-refractivity contribution in [1.29, 1.82) is 0 Å². The van der Waals surface area contributed by atoms with Crippen LogP contribution in [0.3, 0.4) is 0 Å². The van der Waals surface area contributed by atoms with Gasteiger partial charge < -0.3 is 14.2 Å². The second-order valence-electron chi connectivity index (χ2n) is 20.9. The molecule has 0 bridgehead atoms. The van der Waals surface area contributed by atoms with Gasteiger partial charge in [0, 0.05) is 12.8 Å². The molecule has 0 amide bonds. The van der Waals surface area contributed by atoms with Crippen molar-refractivity contribution >= 4 is 17.9 Å². The van der Waals surface area contributed by atoms with Crippen LogP contribution in [0.25, 0.3) is 0 Å². The minimum absolute atomic E-state index is 0.119. The summed E-state index contributed by atoms with van der Waals surface area (Å²) >= 11 is 0. The quantitative estimate of drug-likeness (QED) is 0.0261. The Morgan fingerprint density at radius 2 is 0.537 bits per heavy atom. The molecule has 0 saturated heterocycles. The molecule has 0 spiro atoms. The van der Waals surface area contributed by atoms with E-state index in [0.717, 1.165) is 135 Å². The molecule has 1 unspecified atom stereocenters. The van der Waals surface area contributed by atoms with Gasteiger partial charge in [0.15, 0.2) is 6.10 Å². The first kappa shape index (κ1) is 75.0. The highest BCUT2D eigenvalue weighted by Crippen LogP contribution is 2.16. The Morgan fingerprint density at radius 1 is 0.275 bits per heavy atom. The molecule has 0 aliphatic carbocycles. The minimum atomic E-state index is -0.830. The molecule has 0 aromatic rings. The molecule has 80 heavy (non-hydrogen) atoms. The first-order valence-electron chi connectivity index (χ1n) is 32.5. The molecular weight excluding hydrogens is 985 g/mol. The molecule has 0 heterocycles. The van der Waals surface area contributed by atoms with Gasteiger partial charge in [0.25, 0.3) is 0 Å². The molecule has 0 aromatic heterocycles. The molecule has 6 nitrogen and oxygen atoms in total. The number of esters is 3. The summed E-state index contributed by atoms with van der Waals surface area (Å²) in [5.41, 5.74) is 0. The predicted octanol–water partition coefficient (Wildman–Crippen LogP) is 22.5. The van der Waals surface area contributed by atoms with Crippen LogP contribution in [0.15, 0.2) is 158 Å². The highest BCUT2D eigenvalue weighted by Gasteiger charge is 2.19. The zero-order chi connectivity index (χ0) is 57.8. The Labute approximate surface area is 492 Å². The fourth-order valence-electron chi connectivity index (χ4n) is 8.53.